The molecule has 3 nitrogen and oxygen atoms in total. The number of hydrogen-bond donors (Lipinski definition) is 2. The van der Waals surface area contributed by atoms with Crippen LogP contribution in [0.1, 0.15) is 27.0 Å². The molecule has 0 aliphatic rings. The Balaban J connectivity index is 1.57. The molecule has 3 aromatic carbocycles. The van der Waals surface area contributed by atoms with Gasteiger partial charge in [0.1, 0.15) is 0 Å². The van der Waals surface area contributed by atoms with Crippen LogP contribution in [0, 0.1) is 10.5 Å². The van der Waals surface area contributed by atoms with Crippen molar-refractivity contribution in [3.8, 4) is 0 Å². The van der Waals surface area contributed by atoms with Crippen LogP contribution < -0.4 is 10.6 Å². The van der Waals surface area contributed by atoms with E-state index in [0.717, 1.165) is 25.9 Å². The SMILES string of the molecule is Cc1ccc(C(=O)NC(=S)Nc2ccc(/C=C/c3ccccc3)cc2)cc1I. The van der Waals surface area contributed by atoms with Gasteiger partial charge in [0.2, 0.25) is 0 Å². The Kier molecular flexibility index (Phi) is 6.95. The number of amides is 1. The largest absolute Gasteiger partial charge is 0.332 e. The molecule has 0 saturated heterocycles. The third-order valence-corrected chi connectivity index (χ3v) is 5.46. The summed E-state index contributed by atoms with van der Waals surface area (Å²) in [7, 11) is 0. The Morgan fingerprint density at radius 2 is 1.57 bits per heavy atom. The van der Waals surface area contributed by atoms with Gasteiger partial charge in [-0.2, -0.15) is 0 Å². The molecular formula is C23H19IN2OS. The summed E-state index contributed by atoms with van der Waals surface area (Å²) in [6.45, 7) is 2.01. The fourth-order valence-corrected chi connectivity index (χ4v) is 3.23. The van der Waals surface area contributed by atoms with Crippen molar-refractivity contribution in [1.82, 2.24) is 5.32 Å². The highest BCUT2D eigenvalue weighted by Crippen LogP contribution is 2.15. The van der Waals surface area contributed by atoms with Crippen LogP contribution in [-0.2, 0) is 0 Å². The van der Waals surface area contributed by atoms with Gasteiger partial charge in [-0.3, -0.25) is 10.1 Å². The number of rotatable bonds is 4. The summed E-state index contributed by atoms with van der Waals surface area (Å²) in [6, 6.07) is 23.6. The lowest BCUT2D eigenvalue weighted by Crippen LogP contribution is -2.34. The molecule has 0 aromatic heterocycles. The molecule has 0 aliphatic heterocycles. The molecule has 0 heterocycles. The number of nitrogens with one attached hydrogen (secondary N) is 2. The molecule has 2 N–H and O–H groups in total. The first-order valence-corrected chi connectivity index (χ1v) is 10.2. The highest BCUT2D eigenvalue weighted by molar-refractivity contribution is 14.1. The molecule has 0 fully saturated rings. The topological polar surface area (TPSA) is 41.1 Å². The number of carbonyl (C=O) groups is 1. The number of thiocarbonyl (C=S) groups is 1. The second-order valence-corrected chi connectivity index (χ2v) is 7.81. The average molecular weight is 498 g/mol. The van der Waals surface area contributed by atoms with Gasteiger partial charge in [0.15, 0.2) is 5.11 Å². The predicted molar refractivity (Wildman–Crippen MR) is 129 cm³/mol. The Bertz CT molecular complexity index is 1010. The summed E-state index contributed by atoms with van der Waals surface area (Å²) < 4.78 is 1.04. The molecule has 3 rings (SSSR count). The second kappa shape index (κ2) is 9.61. The van der Waals surface area contributed by atoms with E-state index in [-0.39, 0.29) is 11.0 Å². The van der Waals surface area contributed by atoms with Crippen molar-refractivity contribution in [2.75, 3.05) is 5.32 Å². The first kappa shape index (κ1) is 20.2. The van der Waals surface area contributed by atoms with Gasteiger partial charge in [-0.05, 0) is 82.7 Å². The number of benzene rings is 3. The Morgan fingerprint density at radius 3 is 2.21 bits per heavy atom. The summed E-state index contributed by atoms with van der Waals surface area (Å²) in [5, 5.41) is 6.03. The van der Waals surface area contributed by atoms with Crippen LogP contribution >= 0.6 is 34.8 Å². The standard InChI is InChI=1S/C23H19IN2OS/c1-16-7-12-19(15-21(16)24)22(27)26-23(28)25-20-13-10-18(11-14-20)9-8-17-5-3-2-4-6-17/h2-15H,1H3,(H2,25,26,27,28)/b9-8+. The minimum absolute atomic E-state index is 0.224. The third-order valence-electron chi connectivity index (χ3n) is 4.10. The average Bonchev–Trinajstić information content (AvgIpc) is 2.70. The van der Waals surface area contributed by atoms with Crippen molar-refractivity contribution in [2.45, 2.75) is 6.92 Å². The monoisotopic (exact) mass is 498 g/mol. The molecule has 0 bridgehead atoms. The van der Waals surface area contributed by atoms with Gasteiger partial charge in [0, 0.05) is 14.8 Å². The molecular weight excluding hydrogens is 479 g/mol. The van der Waals surface area contributed by atoms with Crippen molar-refractivity contribution < 1.29 is 4.79 Å². The highest BCUT2D eigenvalue weighted by Gasteiger charge is 2.09. The Labute approximate surface area is 184 Å². The maximum Gasteiger partial charge on any atom is 0.257 e. The number of aryl methyl sites for hydroxylation is 1. The fourth-order valence-electron chi connectivity index (χ4n) is 2.51. The minimum atomic E-state index is -0.224. The van der Waals surface area contributed by atoms with E-state index in [0.29, 0.717) is 5.56 Å². The third kappa shape index (κ3) is 5.74. The number of carbonyl (C=O) groups excluding carboxylic acids is 1. The summed E-state index contributed by atoms with van der Waals surface area (Å²) in [6.07, 6.45) is 4.12. The van der Waals surface area contributed by atoms with E-state index in [1.165, 1.54) is 0 Å². The van der Waals surface area contributed by atoms with E-state index >= 15 is 0 Å². The van der Waals surface area contributed by atoms with E-state index in [1.807, 2.05) is 61.5 Å². The van der Waals surface area contributed by atoms with Crippen molar-refractivity contribution in [3.05, 3.63) is 98.6 Å². The minimum Gasteiger partial charge on any atom is -0.332 e. The number of anilines is 1. The maximum absolute atomic E-state index is 12.3. The summed E-state index contributed by atoms with van der Waals surface area (Å²) >= 11 is 7.47. The summed E-state index contributed by atoms with van der Waals surface area (Å²) in [5.41, 5.74) is 4.78. The van der Waals surface area contributed by atoms with E-state index < -0.39 is 0 Å². The van der Waals surface area contributed by atoms with Crippen LogP contribution in [0.4, 0.5) is 5.69 Å². The number of hydrogen-bond acceptors (Lipinski definition) is 2. The van der Waals surface area contributed by atoms with Crippen LogP contribution in [0.5, 0.6) is 0 Å². The first-order chi connectivity index (χ1) is 13.5. The molecule has 0 aliphatic carbocycles. The second-order valence-electron chi connectivity index (χ2n) is 6.24. The van der Waals surface area contributed by atoms with Gasteiger partial charge in [-0.15, -0.1) is 0 Å². The van der Waals surface area contributed by atoms with Crippen LogP contribution in [0.2, 0.25) is 0 Å². The van der Waals surface area contributed by atoms with Crippen molar-refractivity contribution >= 4 is 63.7 Å². The lowest BCUT2D eigenvalue weighted by Gasteiger charge is -2.10. The molecule has 5 heteroatoms. The quantitative estimate of drug-likeness (QED) is 0.268. The van der Waals surface area contributed by atoms with Crippen LogP contribution in [0.3, 0.4) is 0 Å². The van der Waals surface area contributed by atoms with Crippen molar-refractivity contribution in [1.29, 1.82) is 0 Å². The van der Waals surface area contributed by atoms with Gasteiger partial charge in [0.25, 0.3) is 5.91 Å². The summed E-state index contributed by atoms with van der Waals surface area (Å²) in [5.74, 6) is -0.224. The van der Waals surface area contributed by atoms with Crippen LogP contribution in [0.15, 0.2) is 72.8 Å². The molecule has 0 unspecified atom stereocenters. The zero-order valence-electron chi connectivity index (χ0n) is 15.3. The van der Waals surface area contributed by atoms with Gasteiger partial charge in [0.05, 0.1) is 0 Å². The summed E-state index contributed by atoms with van der Waals surface area (Å²) in [4.78, 5) is 12.3. The zero-order chi connectivity index (χ0) is 19.9. The fraction of sp³-hybridized carbons (Fsp3) is 0.0435. The zero-order valence-corrected chi connectivity index (χ0v) is 18.3. The highest BCUT2D eigenvalue weighted by atomic mass is 127. The van der Waals surface area contributed by atoms with Crippen LogP contribution in [0.25, 0.3) is 12.2 Å². The number of halogens is 1. The molecule has 0 atom stereocenters. The lowest BCUT2D eigenvalue weighted by molar-refractivity contribution is 0.0977. The molecule has 28 heavy (non-hydrogen) atoms. The normalized spacial score (nSPS) is 10.6. The van der Waals surface area contributed by atoms with Gasteiger partial charge in [-0.25, -0.2) is 0 Å². The van der Waals surface area contributed by atoms with Crippen LogP contribution in [-0.4, -0.2) is 11.0 Å². The van der Waals surface area contributed by atoms with E-state index in [2.05, 4.69) is 57.5 Å². The molecule has 0 saturated carbocycles. The molecule has 140 valence electrons. The van der Waals surface area contributed by atoms with Crippen molar-refractivity contribution in [2.24, 2.45) is 0 Å². The smallest absolute Gasteiger partial charge is 0.257 e. The van der Waals surface area contributed by atoms with Gasteiger partial charge >= 0.3 is 0 Å². The van der Waals surface area contributed by atoms with E-state index in [1.54, 1.807) is 6.07 Å². The van der Waals surface area contributed by atoms with E-state index in [9.17, 15) is 4.79 Å². The Morgan fingerprint density at radius 1 is 0.929 bits per heavy atom. The molecule has 0 radical (unpaired) electrons. The first-order valence-electron chi connectivity index (χ1n) is 8.73. The van der Waals surface area contributed by atoms with Gasteiger partial charge in [-0.1, -0.05) is 60.7 Å². The lowest BCUT2D eigenvalue weighted by atomic mass is 10.1. The van der Waals surface area contributed by atoms with Crippen molar-refractivity contribution in [3.63, 3.8) is 0 Å². The maximum atomic E-state index is 12.3. The molecule has 1 amide bonds. The Hall–Kier alpha value is -2.51. The molecule has 3 aromatic rings. The van der Waals surface area contributed by atoms with E-state index in [4.69, 9.17) is 12.2 Å². The molecule has 0 spiro atoms. The van der Waals surface area contributed by atoms with Gasteiger partial charge < -0.3 is 5.32 Å². The predicted octanol–water partition coefficient (Wildman–Crippen LogP) is 5.90.